The van der Waals surface area contributed by atoms with E-state index in [2.05, 4.69) is 18.4 Å². The predicted molar refractivity (Wildman–Crippen MR) is 126 cm³/mol. The van der Waals surface area contributed by atoms with Crippen molar-refractivity contribution in [3.8, 4) is 5.75 Å². The molecule has 0 unspecified atom stereocenters. The molecule has 1 aromatic heterocycles. The largest absolute Gasteiger partial charge is 0.494 e. The van der Waals surface area contributed by atoms with Crippen LogP contribution in [0, 0.1) is 5.82 Å². The Morgan fingerprint density at radius 2 is 1.78 bits per heavy atom. The summed E-state index contributed by atoms with van der Waals surface area (Å²) in [5.41, 5.74) is 2.58. The van der Waals surface area contributed by atoms with Crippen LogP contribution in [0.1, 0.15) is 61.1 Å². The Bertz CT molecular complexity index is 981. The molecule has 2 aromatic carbocycles. The molecule has 0 atom stereocenters. The van der Waals surface area contributed by atoms with Crippen LogP contribution >= 0.6 is 0 Å². The number of aromatic nitrogens is 1. The molecule has 32 heavy (non-hydrogen) atoms. The Morgan fingerprint density at radius 3 is 2.50 bits per heavy atom. The smallest absolute Gasteiger partial charge is 0.254 e. The Balaban J connectivity index is 1.71. The first-order chi connectivity index (χ1) is 15.6. The van der Waals surface area contributed by atoms with E-state index in [1.54, 1.807) is 12.1 Å². The lowest BCUT2D eigenvalue weighted by Crippen LogP contribution is -2.32. The van der Waals surface area contributed by atoms with Crippen LogP contribution in [0.15, 0.2) is 66.9 Å². The summed E-state index contributed by atoms with van der Waals surface area (Å²) < 4.78 is 21.4. The number of unbranched alkanes of at least 4 members (excludes halogenated alkanes) is 2. The third-order valence-corrected chi connectivity index (χ3v) is 5.46. The highest BCUT2D eigenvalue weighted by Gasteiger charge is 2.17. The number of hydrogen-bond donors (Lipinski definition) is 0. The summed E-state index contributed by atoms with van der Waals surface area (Å²) in [6.07, 6.45) is 6.03. The van der Waals surface area contributed by atoms with E-state index in [4.69, 9.17) is 4.74 Å². The van der Waals surface area contributed by atoms with Crippen molar-refractivity contribution in [2.45, 2.75) is 52.6 Å². The summed E-state index contributed by atoms with van der Waals surface area (Å²) in [7, 11) is 0. The van der Waals surface area contributed by atoms with Gasteiger partial charge in [0.2, 0.25) is 0 Å². The van der Waals surface area contributed by atoms with E-state index in [-0.39, 0.29) is 11.7 Å². The monoisotopic (exact) mass is 436 g/mol. The first-order valence-corrected chi connectivity index (χ1v) is 11.5. The molecule has 0 radical (unpaired) electrons. The maximum absolute atomic E-state index is 13.6. The van der Waals surface area contributed by atoms with E-state index in [0.717, 1.165) is 42.7 Å². The van der Waals surface area contributed by atoms with Crippen molar-refractivity contribution < 1.29 is 13.9 Å². The van der Waals surface area contributed by atoms with Crippen LogP contribution in [-0.2, 0) is 13.1 Å². The van der Waals surface area contributed by atoms with Gasteiger partial charge in [-0.2, -0.15) is 0 Å². The molecule has 1 amide bonds. The Kier molecular flexibility index (Phi) is 8.90. The first kappa shape index (κ1) is 23.6. The Hall–Kier alpha value is -3.08. The second-order valence-corrected chi connectivity index (χ2v) is 8.06. The average Bonchev–Trinajstić information content (AvgIpc) is 3.23. The van der Waals surface area contributed by atoms with E-state index in [1.165, 1.54) is 6.07 Å². The fourth-order valence-corrected chi connectivity index (χ4v) is 3.59. The lowest BCUT2D eigenvalue weighted by molar-refractivity contribution is 0.0737. The highest BCUT2D eigenvalue weighted by atomic mass is 19.1. The van der Waals surface area contributed by atoms with Crippen molar-refractivity contribution in [2.75, 3.05) is 13.2 Å². The predicted octanol–water partition coefficient (Wildman–Crippen LogP) is 6.30. The van der Waals surface area contributed by atoms with E-state index in [9.17, 15) is 9.18 Å². The van der Waals surface area contributed by atoms with E-state index >= 15 is 0 Å². The molecule has 0 aliphatic rings. The van der Waals surface area contributed by atoms with Crippen molar-refractivity contribution in [3.05, 3.63) is 89.5 Å². The van der Waals surface area contributed by atoms with E-state index in [1.807, 2.05) is 53.6 Å². The van der Waals surface area contributed by atoms with Gasteiger partial charge in [0.15, 0.2) is 0 Å². The minimum absolute atomic E-state index is 0.0112. The molecule has 3 rings (SSSR count). The SMILES string of the molecule is CCCCOc1ccc(C(=O)N(CCCC)Cc2cccn2Cc2cccc(F)c2)cc1. The molecule has 0 spiro atoms. The van der Waals surface area contributed by atoms with Crippen LogP contribution in [0.3, 0.4) is 0 Å². The topological polar surface area (TPSA) is 34.5 Å². The zero-order valence-corrected chi connectivity index (χ0v) is 19.1. The highest BCUT2D eigenvalue weighted by molar-refractivity contribution is 5.94. The molecule has 170 valence electrons. The summed E-state index contributed by atoms with van der Waals surface area (Å²) in [5, 5.41) is 0. The number of hydrogen-bond acceptors (Lipinski definition) is 2. The lowest BCUT2D eigenvalue weighted by Gasteiger charge is -2.24. The van der Waals surface area contributed by atoms with Gasteiger partial charge in [0.1, 0.15) is 11.6 Å². The van der Waals surface area contributed by atoms with E-state index in [0.29, 0.717) is 31.8 Å². The number of rotatable bonds is 12. The number of nitrogens with zero attached hydrogens (tertiary/aromatic N) is 2. The lowest BCUT2D eigenvalue weighted by atomic mass is 10.1. The number of halogens is 1. The minimum atomic E-state index is -0.238. The maximum atomic E-state index is 13.6. The van der Waals surface area contributed by atoms with Crippen LogP contribution in [0.25, 0.3) is 0 Å². The molecule has 0 aliphatic heterocycles. The molecule has 0 fully saturated rings. The third kappa shape index (κ3) is 6.71. The third-order valence-electron chi connectivity index (χ3n) is 5.46. The molecular weight excluding hydrogens is 403 g/mol. The summed E-state index contributed by atoms with van der Waals surface area (Å²) in [4.78, 5) is 15.2. The molecule has 0 aliphatic carbocycles. The van der Waals surface area contributed by atoms with Crippen molar-refractivity contribution in [2.24, 2.45) is 0 Å². The van der Waals surface area contributed by atoms with E-state index < -0.39 is 0 Å². The molecule has 0 bridgehead atoms. The van der Waals surface area contributed by atoms with Gasteiger partial charge in [-0.15, -0.1) is 0 Å². The van der Waals surface area contributed by atoms with Crippen molar-refractivity contribution in [1.82, 2.24) is 9.47 Å². The molecule has 0 saturated carbocycles. The number of benzene rings is 2. The Morgan fingerprint density at radius 1 is 1.00 bits per heavy atom. The van der Waals surface area contributed by atoms with Gasteiger partial charge in [-0.1, -0.05) is 38.8 Å². The number of carbonyl (C=O) groups is 1. The van der Waals surface area contributed by atoms with Gasteiger partial charge in [-0.05, 0) is 66.9 Å². The van der Waals surface area contributed by atoms with Gasteiger partial charge < -0.3 is 14.2 Å². The van der Waals surface area contributed by atoms with Crippen LogP contribution < -0.4 is 4.74 Å². The van der Waals surface area contributed by atoms with Gasteiger partial charge in [-0.25, -0.2) is 4.39 Å². The molecule has 0 N–H and O–H groups in total. The fourth-order valence-electron chi connectivity index (χ4n) is 3.59. The van der Waals surface area contributed by atoms with Gasteiger partial charge in [0.25, 0.3) is 5.91 Å². The van der Waals surface area contributed by atoms with Crippen molar-refractivity contribution in [1.29, 1.82) is 0 Å². The first-order valence-electron chi connectivity index (χ1n) is 11.5. The van der Waals surface area contributed by atoms with Crippen LogP contribution in [0.4, 0.5) is 4.39 Å². The normalized spacial score (nSPS) is 10.8. The van der Waals surface area contributed by atoms with Gasteiger partial charge in [-0.3, -0.25) is 4.79 Å². The molecule has 4 nitrogen and oxygen atoms in total. The quantitative estimate of drug-likeness (QED) is 0.312. The average molecular weight is 437 g/mol. The molecular formula is C27H33FN2O2. The van der Waals surface area contributed by atoms with Crippen LogP contribution in [0.5, 0.6) is 5.75 Å². The van der Waals surface area contributed by atoms with Crippen molar-refractivity contribution >= 4 is 5.91 Å². The van der Waals surface area contributed by atoms with Crippen LogP contribution in [0.2, 0.25) is 0 Å². The molecule has 0 saturated heterocycles. The number of ether oxygens (including phenoxy) is 1. The fraction of sp³-hybridized carbons (Fsp3) is 0.370. The minimum Gasteiger partial charge on any atom is -0.494 e. The maximum Gasteiger partial charge on any atom is 0.254 e. The zero-order chi connectivity index (χ0) is 22.8. The summed E-state index contributed by atoms with van der Waals surface area (Å²) in [5.74, 6) is 0.564. The second kappa shape index (κ2) is 12.1. The standard InChI is InChI=1S/C27H33FN2O2/c1-3-5-16-30(27(31)23-12-14-26(15-13-23)32-18-6-4-2)21-25-11-8-17-29(25)20-22-9-7-10-24(28)19-22/h7-15,17,19H,3-6,16,18,20-21H2,1-2H3. The zero-order valence-electron chi connectivity index (χ0n) is 19.1. The van der Waals surface area contributed by atoms with Crippen molar-refractivity contribution in [3.63, 3.8) is 0 Å². The summed E-state index contributed by atoms with van der Waals surface area (Å²) in [6, 6.07) is 18.1. The van der Waals surface area contributed by atoms with Gasteiger partial charge in [0.05, 0.1) is 13.2 Å². The van der Waals surface area contributed by atoms with Gasteiger partial charge >= 0.3 is 0 Å². The summed E-state index contributed by atoms with van der Waals surface area (Å²) in [6.45, 7) is 6.71. The second-order valence-electron chi connectivity index (χ2n) is 8.06. The highest BCUT2D eigenvalue weighted by Crippen LogP contribution is 2.17. The van der Waals surface area contributed by atoms with Gasteiger partial charge in [0, 0.05) is 30.5 Å². The molecule has 1 heterocycles. The number of amides is 1. The van der Waals surface area contributed by atoms with Crippen LogP contribution in [-0.4, -0.2) is 28.5 Å². The molecule has 3 aromatic rings. The summed E-state index contributed by atoms with van der Waals surface area (Å²) >= 11 is 0. The number of carbonyl (C=O) groups excluding carboxylic acids is 1. The Labute approximate surface area is 190 Å². The molecule has 5 heteroatoms.